The van der Waals surface area contributed by atoms with E-state index >= 15 is 0 Å². The van der Waals surface area contributed by atoms with Gasteiger partial charge in [0, 0.05) is 36.6 Å². The van der Waals surface area contributed by atoms with Gasteiger partial charge >= 0.3 is 0 Å². The summed E-state index contributed by atoms with van der Waals surface area (Å²) in [5.74, 6) is 0.486. The molecule has 3 N–H and O–H groups in total. The minimum atomic E-state index is 0.486. The number of hydrogen-bond donors (Lipinski definition) is 2. The van der Waals surface area contributed by atoms with Crippen molar-refractivity contribution in [2.24, 2.45) is 0 Å². The fourth-order valence-electron chi connectivity index (χ4n) is 2.29. The molecule has 3 aromatic heterocycles. The van der Waals surface area contributed by atoms with Crippen LogP contribution in [-0.2, 0) is 0 Å². The van der Waals surface area contributed by atoms with E-state index in [1.807, 2.05) is 32.3 Å². The largest absolute Gasteiger partial charge is 0.387 e. The highest BCUT2D eigenvalue weighted by Crippen LogP contribution is 2.29. The zero-order valence-corrected chi connectivity index (χ0v) is 11.4. The summed E-state index contributed by atoms with van der Waals surface area (Å²) < 4.78 is 0. The first-order chi connectivity index (χ1) is 9.70. The van der Waals surface area contributed by atoms with Crippen molar-refractivity contribution >= 4 is 22.3 Å². The van der Waals surface area contributed by atoms with Gasteiger partial charge < -0.3 is 11.1 Å². The predicted octanol–water partition coefficient (Wildman–Crippen LogP) is 2.62. The summed E-state index contributed by atoms with van der Waals surface area (Å²) in [5, 5.41) is 5.02. The van der Waals surface area contributed by atoms with E-state index in [1.165, 1.54) is 0 Å². The van der Waals surface area contributed by atoms with Crippen molar-refractivity contribution in [1.29, 1.82) is 0 Å². The molecule has 3 rings (SSSR count). The lowest BCUT2D eigenvalue weighted by Gasteiger charge is -2.11. The predicted molar refractivity (Wildman–Crippen MR) is 81.5 cm³/mol. The highest BCUT2D eigenvalue weighted by molar-refractivity contribution is 5.93. The van der Waals surface area contributed by atoms with Crippen molar-refractivity contribution in [3.05, 3.63) is 42.5 Å². The number of fused-ring (bicyclic) bond motifs is 1. The van der Waals surface area contributed by atoms with Crippen molar-refractivity contribution in [2.45, 2.75) is 6.92 Å². The maximum absolute atomic E-state index is 6.03. The molecule has 0 radical (unpaired) electrons. The number of pyridine rings is 3. The number of rotatable bonds is 2. The molecule has 0 atom stereocenters. The van der Waals surface area contributed by atoms with E-state index in [4.69, 9.17) is 5.73 Å². The van der Waals surface area contributed by atoms with Gasteiger partial charge in [0.05, 0.1) is 17.6 Å². The number of nitrogens with two attached hydrogens (primary N) is 1. The van der Waals surface area contributed by atoms with Crippen molar-refractivity contribution in [3.8, 4) is 11.3 Å². The highest BCUT2D eigenvalue weighted by Gasteiger charge is 2.10. The lowest BCUT2D eigenvalue weighted by molar-refractivity contribution is 1.24. The van der Waals surface area contributed by atoms with Gasteiger partial charge in [-0.05, 0) is 30.0 Å². The third-order valence-corrected chi connectivity index (χ3v) is 3.42. The minimum absolute atomic E-state index is 0.486. The Bertz CT molecular complexity index is 782. The number of anilines is 2. The van der Waals surface area contributed by atoms with Gasteiger partial charge in [-0.15, -0.1) is 0 Å². The SMILES string of the molecule is CNc1cncc(-c2cc3ccncc3c(N)n2)c1C. The maximum Gasteiger partial charge on any atom is 0.133 e. The quantitative estimate of drug-likeness (QED) is 0.744. The smallest absolute Gasteiger partial charge is 0.133 e. The Morgan fingerprint density at radius 3 is 2.80 bits per heavy atom. The first-order valence-corrected chi connectivity index (χ1v) is 6.33. The molecule has 0 bridgehead atoms. The Hall–Kier alpha value is -2.69. The molecule has 0 fully saturated rings. The molecule has 0 amide bonds. The van der Waals surface area contributed by atoms with Gasteiger partial charge in [-0.25, -0.2) is 4.98 Å². The van der Waals surface area contributed by atoms with Crippen LogP contribution in [0.5, 0.6) is 0 Å². The number of nitrogens with one attached hydrogen (secondary N) is 1. The first kappa shape index (κ1) is 12.3. The third-order valence-electron chi connectivity index (χ3n) is 3.42. The van der Waals surface area contributed by atoms with E-state index in [2.05, 4.69) is 20.3 Å². The van der Waals surface area contributed by atoms with E-state index in [9.17, 15) is 0 Å². The standard InChI is InChI=1S/C15H15N5/c1-9-11(6-19-8-14(9)17-2)13-5-10-3-4-18-7-12(10)15(16)20-13/h3-8,17H,1-2H3,(H2,16,20). The number of nitrogen functional groups attached to an aromatic ring is 1. The number of aromatic nitrogens is 3. The zero-order chi connectivity index (χ0) is 14.1. The molecule has 0 aliphatic heterocycles. The summed E-state index contributed by atoms with van der Waals surface area (Å²) in [6, 6.07) is 3.94. The number of hydrogen-bond acceptors (Lipinski definition) is 5. The van der Waals surface area contributed by atoms with Crippen LogP contribution in [0.25, 0.3) is 22.0 Å². The van der Waals surface area contributed by atoms with Crippen molar-refractivity contribution < 1.29 is 0 Å². The van der Waals surface area contributed by atoms with Crippen LogP contribution >= 0.6 is 0 Å². The second kappa shape index (κ2) is 4.77. The topological polar surface area (TPSA) is 76.7 Å². The molecule has 0 saturated heterocycles. The summed E-state index contributed by atoms with van der Waals surface area (Å²) in [7, 11) is 1.88. The Morgan fingerprint density at radius 2 is 2.00 bits per heavy atom. The third kappa shape index (κ3) is 1.93. The zero-order valence-electron chi connectivity index (χ0n) is 11.4. The molecule has 5 nitrogen and oxygen atoms in total. The molecule has 0 aromatic carbocycles. The molecule has 3 aromatic rings. The molecule has 5 heteroatoms. The lowest BCUT2D eigenvalue weighted by Crippen LogP contribution is -1.99. The van der Waals surface area contributed by atoms with Crippen LogP contribution in [0.15, 0.2) is 36.9 Å². The summed E-state index contributed by atoms with van der Waals surface area (Å²) in [6.07, 6.45) is 7.09. The Labute approximate surface area is 116 Å². The summed E-state index contributed by atoms with van der Waals surface area (Å²) in [6.45, 7) is 2.04. The molecule has 0 aliphatic rings. The van der Waals surface area contributed by atoms with Crippen molar-refractivity contribution in [2.75, 3.05) is 18.1 Å². The van der Waals surface area contributed by atoms with Crippen LogP contribution in [0, 0.1) is 6.92 Å². The summed E-state index contributed by atoms with van der Waals surface area (Å²) >= 11 is 0. The van der Waals surface area contributed by atoms with Crippen LogP contribution < -0.4 is 11.1 Å². The van der Waals surface area contributed by atoms with Gasteiger partial charge in [0.1, 0.15) is 5.82 Å². The fraction of sp³-hybridized carbons (Fsp3) is 0.133. The highest BCUT2D eigenvalue weighted by atomic mass is 14.9. The van der Waals surface area contributed by atoms with E-state index in [0.29, 0.717) is 5.82 Å². The molecular weight excluding hydrogens is 250 g/mol. The molecule has 3 heterocycles. The van der Waals surface area contributed by atoms with Gasteiger partial charge in [-0.1, -0.05) is 0 Å². The van der Waals surface area contributed by atoms with Crippen LogP contribution in [0.4, 0.5) is 11.5 Å². The second-order valence-electron chi connectivity index (χ2n) is 4.60. The van der Waals surface area contributed by atoms with E-state index in [-0.39, 0.29) is 0 Å². The van der Waals surface area contributed by atoms with Gasteiger partial charge in [-0.3, -0.25) is 9.97 Å². The molecule has 0 aliphatic carbocycles. The van der Waals surface area contributed by atoms with Crippen LogP contribution in [0.3, 0.4) is 0 Å². The van der Waals surface area contributed by atoms with Crippen LogP contribution in [-0.4, -0.2) is 22.0 Å². The average Bonchev–Trinajstić information content (AvgIpc) is 2.47. The van der Waals surface area contributed by atoms with Gasteiger partial charge in [0.15, 0.2) is 0 Å². The van der Waals surface area contributed by atoms with Crippen molar-refractivity contribution in [3.63, 3.8) is 0 Å². The second-order valence-corrected chi connectivity index (χ2v) is 4.60. The van der Waals surface area contributed by atoms with Crippen LogP contribution in [0.2, 0.25) is 0 Å². The lowest BCUT2D eigenvalue weighted by atomic mass is 10.0. The molecule has 0 spiro atoms. The Kier molecular flexibility index (Phi) is 2.95. The first-order valence-electron chi connectivity index (χ1n) is 6.33. The molecule has 0 unspecified atom stereocenters. The van der Waals surface area contributed by atoms with E-state index in [0.717, 1.165) is 33.3 Å². The molecular formula is C15H15N5. The summed E-state index contributed by atoms with van der Waals surface area (Å²) in [4.78, 5) is 12.8. The summed E-state index contributed by atoms with van der Waals surface area (Å²) in [5.41, 5.74) is 9.91. The fourth-order valence-corrected chi connectivity index (χ4v) is 2.29. The molecule has 100 valence electrons. The Balaban J connectivity index is 2.25. The van der Waals surface area contributed by atoms with Gasteiger partial charge in [0.25, 0.3) is 0 Å². The van der Waals surface area contributed by atoms with Gasteiger partial charge in [0.2, 0.25) is 0 Å². The van der Waals surface area contributed by atoms with E-state index in [1.54, 1.807) is 18.6 Å². The molecule has 0 saturated carbocycles. The van der Waals surface area contributed by atoms with Crippen molar-refractivity contribution in [1.82, 2.24) is 15.0 Å². The van der Waals surface area contributed by atoms with Crippen LogP contribution in [0.1, 0.15) is 5.56 Å². The monoisotopic (exact) mass is 265 g/mol. The molecule has 20 heavy (non-hydrogen) atoms. The number of nitrogens with zero attached hydrogens (tertiary/aromatic N) is 3. The van der Waals surface area contributed by atoms with E-state index < -0.39 is 0 Å². The minimum Gasteiger partial charge on any atom is -0.387 e. The van der Waals surface area contributed by atoms with Gasteiger partial charge in [-0.2, -0.15) is 0 Å². The Morgan fingerprint density at radius 1 is 1.15 bits per heavy atom. The average molecular weight is 265 g/mol. The normalized spacial score (nSPS) is 10.7. The maximum atomic E-state index is 6.03.